The van der Waals surface area contributed by atoms with Crippen molar-refractivity contribution in [1.82, 2.24) is 5.32 Å². The van der Waals surface area contributed by atoms with Crippen LogP contribution in [0.5, 0.6) is 0 Å². The number of aliphatic hydroxyl groups is 1. The molecule has 1 atom stereocenters. The Morgan fingerprint density at radius 2 is 2.00 bits per heavy atom. The summed E-state index contributed by atoms with van der Waals surface area (Å²) in [5.41, 5.74) is 0.915. The van der Waals surface area contributed by atoms with Crippen LogP contribution >= 0.6 is 0 Å². The number of carbonyl (C=O) groups excluding carboxylic acids is 1. The van der Waals surface area contributed by atoms with E-state index in [0.29, 0.717) is 0 Å². The minimum Gasteiger partial charge on any atom is -0.385 e. The van der Waals surface area contributed by atoms with Crippen molar-refractivity contribution in [2.24, 2.45) is 0 Å². The molecule has 4 nitrogen and oxygen atoms in total. The van der Waals surface area contributed by atoms with E-state index in [9.17, 15) is 13.6 Å². The zero-order chi connectivity index (χ0) is 13.4. The number of ether oxygens (including phenoxy) is 1. The van der Waals surface area contributed by atoms with E-state index in [1.54, 1.807) is 0 Å². The maximum atomic E-state index is 11.9. The number of rotatable bonds is 7. The van der Waals surface area contributed by atoms with Gasteiger partial charge in [-0.2, -0.15) is 0 Å². The lowest BCUT2D eigenvalue weighted by Crippen LogP contribution is -2.37. The second kappa shape index (κ2) is 7.73. The largest absolute Gasteiger partial charge is 0.385 e. The van der Waals surface area contributed by atoms with Crippen LogP contribution in [-0.2, 0) is 16.1 Å². The SMILES string of the molecule is O=C(COCc1ccccc1)NCC(O)C(F)F. The molecule has 18 heavy (non-hydrogen) atoms. The lowest BCUT2D eigenvalue weighted by atomic mass is 10.2. The predicted molar refractivity (Wildman–Crippen MR) is 61.1 cm³/mol. The Kier molecular flexibility index (Phi) is 6.24. The molecule has 0 aliphatic heterocycles. The fourth-order valence-corrected chi connectivity index (χ4v) is 1.19. The molecule has 0 spiro atoms. The number of carbonyl (C=O) groups is 1. The smallest absolute Gasteiger partial charge is 0.265 e. The highest BCUT2D eigenvalue weighted by Gasteiger charge is 2.17. The van der Waals surface area contributed by atoms with Crippen LogP contribution in [0.15, 0.2) is 30.3 Å². The molecule has 0 saturated heterocycles. The van der Waals surface area contributed by atoms with E-state index in [1.165, 1.54) is 0 Å². The van der Waals surface area contributed by atoms with E-state index in [2.05, 4.69) is 5.32 Å². The van der Waals surface area contributed by atoms with Gasteiger partial charge in [-0.25, -0.2) is 8.78 Å². The van der Waals surface area contributed by atoms with Crippen molar-refractivity contribution >= 4 is 5.91 Å². The summed E-state index contributed by atoms with van der Waals surface area (Å²) in [6.45, 7) is -0.443. The molecule has 1 rings (SSSR count). The second-order valence-electron chi connectivity index (χ2n) is 3.68. The van der Waals surface area contributed by atoms with Gasteiger partial charge in [0.05, 0.1) is 6.61 Å². The molecule has 1 aromatic carbocycles. The van der Waals surface area contributed by atoms with E-state index >= 15 is 0 Å². The van der Waals surface area contributed by atoms with Gasteiger partial charge < -0.3 is 15.2 Å². The molecule has 0 aliphatic rings. The standard InChI is InChI=1S/C12H15F2NO3/c13-12(14)10(16)6-15-11(17)8-18-7-9-4-2-1-3-5-9/h1-5,10,12,16H,6-8H2,(H,15,17). The highest BCUT2D eigenvalue weighted by molar-refractivity contribution is 5.77. The molecule has 100 valence electrons. The number of hydrogen-bond acceptors (Lipinski definition) is 3. The van der Waals surface area contributed by atoms with Crippen LogP contribution in [0.1, 0.15) is 5.56 Å². The monoisotopic (exact) mass is 259 g/mol. The van der Waals surface area contributed by atoms with Gasteiger partial charge in [-0.05, 0) is 5.56 Å². The maximum Gasteiger partial charge on any atom is 0.265 e. The Balaban J connectivity index is 2.14. The molecule has 0 radical (unpaired) electrons. The molecule has 0 bridgehead atoms. The Labute approximate surface area is 104 Å². The van der Waals surface area contributed by atoms with Crippen LogP contribution in [0.4, 0.5) is 8.78 Å². The molecule has 0 heterocycles. The first-order valence-electron chi connectivity index (χ1n) is 5.44. The van der Waals surface area contributed by atoms with E-state index in [-0.39, 0.29) is 13.2 Å². The van der Waals surface area contributed by atoms with Gasteiger partial charge in [-0.15, -0.1) is 0 Å². The Morgan fingerprint density at radius 1 is 1.33 bits per heavy atom. The number of alkyl halides is 2. The van der Waals surface area contributed by atoms with Crippen LogP contribution in [0.3, 0.4) is 0 Å². The Bertz CT molecular complexity index is 360. The first kappa shape index (κ1) is 14.5. The first-order chi connectivity index (χ1) is 8.59. The molecular formula is C12H15F2NO3. The van der Waals surface area contributed by atoms with Crippen molar-refractivity contribution in [2.45, 2.75) is 19.1 Å². The van der Waals surface area contributed by atoms with Crippen molar-refractivity contribution in [3.63, 3.8) is 0 Å². The van der Waals surface area contributed by atoms with Gasteiger partial charge in [-0.1, -0.05) is 30.3 Å². The summed E-state index contributed by atoms with van der Waals surface area (Å²) in [6, 6.07) is 9.24. The molecule has 1 amide bonds. The molecule has 0 saturated carbocycles. The minimum absolute atomic E-state index is 0.231. The average Bonchev–Trinajstić information content (AvgIpc) is 2.37. The second-order valence-corrected chi connectivity index (χ2v) is 3.68. The summed E-state index contributed by atoms with van der Waals surface area (Å²) in [5.74, 6) is -0.536. The lowest BCUT2D eigenvalue weighted by Gasteiger charge is -2.10. The highest BCUT2D eigenvalue weighted by atomic mass is 19.3. The molecule has 6 heteroatoms. The molecule has 0 aliphatic carbocycles. The fraction of sp³-hybridized carbons (Fsp3) is 0.417. The summed E-state index contributed by atoms with van der Waals surface area (Å²) in [4.78, 5) is 11.2. The quantitative estimate of drug-likeness (QED) is 0.766. The number of halogens is 2. The number of aliphatic hydroxyl groups excluding tert-OH is 1. The van der Waals surface area contributed by atoms with E-state index < -0.39 is 25.0 Å². The minimum atomic E-state index is -2.87. The molecule has 1 aromatic rings. The third kappa shape index (κ3) is 5.70. The summed E-state index contributed by atoms with van der Waals surface area (Å²) in [5, 5.41) is 10.9. The number of nitrogens with one attached hydrogen (secondary N) is 1. The van der Waals surface area contributed by atoms with Gasteiger partial charge in [-0.3, -0.25) is 4.79 Å². The van der Waals surface area contributed by atoms with Gasteiger partial charge in [0.15, 0.2) is 0 Å². The van der Waals surface area contributed by atoms with Crippen molar-refractivity contribution in [2.75, 3.05) is 13.2 Å². The fourth-order valence-electron chi connectivity index (χ4n) is 1.19. The molecular weight excluding hydrogens is 244 g/mol. The van der Waals surface area contributed by atoms with Crippen LogP contribution in [0.2, 0.25) is 0 Å². The van der Waals surface area contributed by atoms with Gasteiger partial charge in [0, 0.05) is 6.54 Å². The average molecular weight is 259 g/mol. The van der Waals surface area contributed by atoms with E-state index in [0.717, 1.165) is 5.56 Å². The Hall–Kier alpha value is -1.53. The highest BCUT2D eigenvalue weighted by Crippen LogP contribution is 2.00. The molecule has 0 aromatic heterocycles. The van der Waals surface area contributed by atoms with Crippen LogP contribution < -0.4 is 5.32 Å². The summed E-state index contributed by atoms with van der Waals surface area (Å²) >= 11 is 0. The molecule has 2 N–H and O–H groups in total. The summed E-state index contributed by atoms with van der Waals surface area (Å²) in [7, 11) is 0. The lowest BCUT2D eigenvalue weighted by molar-refractivity contribution is -0.127. The van der Waals surface area contributed by atoms with E-state index in [4.69, 9.17) is 9.84 Å². The van der Waals surface area contributed by atoms with Gasteiger partial charge >= 0.3 is 0 Å². The third-order valence-electron chi connectivity index (χ3n) is 2.14. The number of hydrogen-bond donors (Lipinski definition) is 2. The summed E-state index contributed by atoms with van der Waals surface area (Å²) in [6.07, 6.45) is -4.71. The molecule has 0 fully saturated rings. The van der Waals surface area contributed by atoms with Crippen molar-refractivity contribution in [1.29, 1.82) is 0 Å². The predicted octanol–water partition coefficient (Wildman–Crippen LogP) is 0.945. The number of benzene rings is 1. The zero-order valence-corrected chi connectivity index (χ0v) is 9.68. The van der Waals surface area contributed by atoms with Gasteiger partial charge in [0.1, 0.15) is 12.7 Å². The van der Waals surface area contributed by atoms with Crippen molar-refractivity contribution in [3.8, 4) is 0 Å². The first-order valence-corrected chi connectivity index (χ1v) is 5.44. The van der Waals surface area contributed by atoms with Gasteiger partial charge in [0.2, 0.25) is 5.91 Å². The van der Waals surface area contributed by atoms with Crippen molar-refractivity contribution in [3.05, 3.63) is 35.9 Å². The maximum absolute atomic E-state index is 11.9. The third-order valence-corrected chi connectivity index (χ3v) is 2.14. The van der Waals surface area contributed by atoms with E-state index in [1.807, 2.05) is 30.3 Å². The topological polar surface area (TPSA) is 58.6 Å². The normalized spacial score (nSPS) is 12.4. The van der Waals surface area contributed by atoms with Crippen LogP contribution in [0.25, 0.3) is 0 Å². The van der Waals surface area contributed by atoms with Gasteiger partial charge in [0.25, 0.3) is 6.43 Å². The van der Waals surface area contributed by atoms with Crippen LogP contribution in [0, 0.1) is 0 Å². The molecule has 1 unspecified atom stereocenters. The number of amides is 1. The summed E-state index contributed by atoms with van der Waals surface area (Å²) < 4.78 is 28.9. The Morgan fingerprint density at radius 3 is 2.61 bits per heavy atom. The van der Waals surface area contributed by atoms with Crippen LogP contribution in [-0.4, -0.2) is 36.7 Å². The van der Waals surface area contributed by atoms with Crippen molar-refractivity contribution < 1.29 is 23.4 Å². The zero-order valence-electron chi connectivity index (χ0n) is 9.68.